The second-order valence-electron chi connectivity index (χ2n) is 6.54. The molecule has 19 heavy (non-hydrogen) atoms. The summed E-state index contributed by atoms with van der Waals surface area (Å²) >= 11 is 0. The van der Waals surface area contributed by atoms with Crippen molar-refractivity contribution < 1.29 is 0 Å². The maximum Gasteiger partial charge on any atom is 0.121 e. The molecule has 2 N–H and O–H groups in total. The molecule has 3 rings (SSSR count). The van der Waals surface area contributed by atoms with Crippen molar-refractivity contribution in [3.63, 3.8) is 0 Å². The Hall–Kier alpha value is -1.35. The van der Waals surface area contributed by atoms with Crippen LogP contribution in [-0.4, -0.2) is 16.0 Å². The van der Waals surface area contributed by atoms with E-state index in [2.05, 4.69) is 41.3 Å². The van der Waals surface area contributed by atoms with Gasteiger partial charge in [0.25, 0.3) is 0 Å². The van der Waals surface area contributed by atoms with Gasteiger partial charge >= 0.3 is 0 Å². The van der Waals surface area contributed by atoms with Crippen LogP contribution in [0, 0.1) is 5.41 Å². The van der Waals surface area contributed by atoms with Crippen molar-refractivity contribution >= 4 is 11.0 Å². The third-order valence-corrected chi connectivity index (χ3v) is 4.20. The Labute approximate surface area is 114 Å². The Bertz CT molecular complexity index is 523. The van der Waals surface area contributed by atoms with Crippen LogP contribution in [0.1, 0.15) is 45.4 Å². The Morgan fingerprint density at radius 1 is 1.37 bits per heavy atom. The minimum absolute atomic E-state index is 0.490. The molecule has 0 spiro atoms. The van der Waals surface area contributed by atoms with Crippen LogP contribution in [-0.2, 0) is 6.54 Å². The zero-order valence-electron chi connectivity index (χ0n) is 11.9. The number of aromatic amines is 1. The number of rotatable bonds is 3. The Morgan fingerprint density at radius 3 is 3.00 bits per heavy atom. The summed E-state index contributed by atoms with van der Waals surface area (Å²) in [6, 6.07) is 8.84. The van der Waals surface area contributed by atoms with Gasteiger partial charge in [0, 0.05) is 6.04 Å². The molecule has 1 aliphatic carbocycles. The van der Waals surface area contributed by atoms with E-state index in [1.165, 1.54) is 25.7 Å². The lowest BCUT2D eigenvalue weighted by Crippen LogP contribution is -2.37. The molecule has 1 aromatic heterocycles. The van der Waals surface area contributed by atoms with E-state index >= 15 is 0 Å². The molecule has 102 valence electrons. The monoisotopic (exact) mass is 257 g/mol. The first-order valence-electron chi connectivity index (χ1n) is 7.29. The summed E-state index contributed by atoms with van der Waals surface area (Å²) in [6.07, 6.45) is 5.26. The number of benzene rings is 1. The van der Waals surface area contributed by atoms with Crippen molar-refractivity contribution in [3.8, 4) is 0 Å². The van der Waals surface area contributed by atoms with Crippen LogP contribution < -0.4 is 5.32 Å². The van der Waals surface area contributed by atoms with E-state index < -0.39 is 0 Å². The van der Waals surface area contributed by atoms with Crippen LogP contribution in [0.4, 0.5) is 0 Å². The van der Waals surface area contributed by atoms with E-state index in [1.807, 2.05) is 12.1 Å². The summed E-state index contributed by atoms with van der Waals surface area (Å²) in [5.74, 6) is 1.05. The normalized spacial score (nSPS) is 22.7. The molecular weight excluding hydrogens is 234 g/mol. The van der Waals surface area contributed by atoms with Gasteiger partial charge in [-0.3, -0.25) is 0 Å². The third-order valence-electron chi connectivity index (χ3n) is 4.20. The number of nitrogens with one attached hydrogen (secondary N) is 2. The molecule has 1 fully saturated rings. The molecule has 1 aliphatic rings. The number of hydrogen-bond donors (Lipinski definition) is 2. The van der Waals surface area contributed by atoms with Gasteiger partial charge in [-0.05, 0) is 36.8 Å². The van der Waals surface area contributed by atoms with Gasteiger partial charge in [-0.15, -0.1) is 0 Å². The van der Waals surface area contributed by atoms with E-state index in [9.17, 15) is 0 Å². The fraction of sp³-hybridized carbons (Fsp3) is 0.562. The molecule has 3 nitrogen and oxygen atoms in total. The lowest BCUT2D eigenvalue weighted by molar-refractivity contribution is 0.197. The maximum atomic E-state index is 4.62. The second kappa shape index (κ2) is 4.97. The van der Waals surface area contributed by atoms with Gasteiger partial charge < -0.3 is 10.3 Å². The average Bonchev–Trinajstić information content (AvgIpc) is 2.78. The number of fused-ring (bicyclic) bond motifs is 1. The van der Waals surface area contributed by atoms with E-state index in [0.29, 0.717) is 11.5 Å². The molecule has 2 aromatic rings. The second-order valence-corrected chi connectivity index (χ2v) is 6.54. The van der Waals surface area contributed by atoms with Gasteiger partial charge in [0.2, 0.25) is 0 Å². The first kappa shape index (κ1) is 12.7. The highest BCUT2D eigenvalue weighted by Gasteiger charge is 2.27. The number of imidazole rings is 1. The quantitative estimate of drug-likeness (QED) is 0.881. The maximum absolute atomic E-state index is 4.62. The fourth-order valence-corrected chi connectivity index (χ4v) is 3.20. The first-order chi connectivity index (χ1) is 9.12. The van der Waals surface area contributed by atoms with E-state index in [-0.39, 0.29) is 0 Å². The molecule has 1 saturated carbocycles. The summed E-state index contributed by atoms with van der Waals surface area (Å²) in [7, 11) is 0. The molecule has 0 aliphatic heterocycles. The number of para-hydroxylation sites is 2. The Kier molecular flexibility index (Phi) is 3.31. The minimum Gasteiger partial charge on any atom is -0.341 e. The average molecular weight is 257 g/mol. The van der Waals surface area contributed by atoms with Crippen molar-refractivity contribution in [1.82, 2.24) is 15.3 Å². The summed E-state index contributed by atoms with van der Waals surface area (Å²) in [4.78, 5) is 8.00. The molecule has 1 unspecified atom stereocenters. The van der Waals surface area contributed by atoms with Crippen LogP contribution in [0.3, 0.4) is 0 Å². The van der Waals surface area contributed by atoms with Crippen molar-refractivity contribution in [3.05, 3.63) is 30.1 Å². The molecule has 1 atom stereocenters. The van der Waals surface area contributed by atoms with Gasteiger partial charge in [0.05, 0.1) is 17.6 Å². The van der Waals surface area contributed by atoms with Gasteiger partial charge in [-0.1, -0.05) is 32.4 Å². The highest BCUT2D eigenvalue weighted by atomic mass is 15.0. The van der Waals surface area contributed by atoms with Gasteiger partial charge in [0.15, 0.2) is 0 Å². The molecule has 0 radical (unpaired) electrons. The van der Waals surface area contributed by atoms with Gasteiger partial charge in [-0.2, -0.15) is 0 Å². The number of H-pyrrole nitrogens is 1. The molecule has 1 heterocycles. The SMILES string of the molecule is CC1(C)CCCC(NCc2nc3ccccc3[nH]2)C1. The smallest absolute Gasteiger partial charge is 0.121 e. The molecule has 1 aromatic carbocycles. The predicted octanol–water partition coefficient (Wildman–Crippen LogP) is 3.62. The molecule has 0 saturated heterocycles. The van der Waals surface area contributed by atoms with Crippen molar-refractivity contribution in [2.45, 2.75) is 52.1 Å². The highest BCUT2D eigenvalue weighted by molar-refractivity contribution is 5.74. The number of hydrogen-bond acceptors (Lipinski definition) is 2. The van der Waals surface area contributed by atoms with Crippen LogP contribution in [0.25, 0.3) is 11.0 Å². The first-order valence-corrected chi connectivity index (χ1v) is 7.29. The van der Waals surface area contributed by atoms with Crippen molar-refractivity contribution in [2.24, 2.45) is 5.41 Å². The predicted molar refractivity (Wildman–Crippen MR) is 79.0 cm³/mol. The fourth-order valence-electron chi connectivity index (χ4n) is 3.20. The van der Waals surface area contributed by atoms with E-state index in [4.69, 9.17) is 0 Å². The highest BCUT2D eigenvalue weighted by Crippen LogP contribution is 2.35. The molecule has 3 heteroatoms. The van der Waals surface area contributed by atoms with Crippen LogP contribution >= 0.6 is 0 Å². The van der Waals surface area contributed by atoms with E-state index in [1.54, 1.807) is 0 Å². The Morgan fingerprint density at radius 2 is 2.21 bits per heavy atom. The van der Waals surface area contributed by atoms with Crippen LogP contribution in [0.5, 0.6) is 0 Å². The molecular formula is C16H23N3. The zero-order chi connectivity index (χ0) is 13.3. The summed E-state index contributed by atoms with van der Waals surface area (Å²) < 4.78 is 0. The minimum atomic E-state index is 0.490. The standard InChI is InChI=1S/C16H23N3/c1-16(2)9-5-6-12(10-16)17-11-15-18-13-7-3-4-8-14(13)19-15/h3-4,7-8,12,17H,5-6,9-11H2,1-2H3,(H,18,19). The third kappa shape index (κ3) is 2.98. The number of aromatic nitrogens is 2. The topological polar surface area (TPSA) is 40.7 Å². The van der Waals surface area contributed by atoms with Crippen LogP contribution in [0.2, 0.25) is 0 Å². The lowest BCUT2D eigenvalue weighted by atomic mass is 9.75. The summed E-state index contributed by atoms with van der Waals surface area (Å²) in [5.41, 5.74) is 2.68. The summed E-state index contributed by atoms with van der Waals surface area (Å²) in [6.45, 7) is 5.60. The largest absolute Gasteiger partial charge is 0.341 e. The van der Waals surface area contributed by atoms with Gasteiger partial charge in [-0.25, -0.2) is 4.98 Å². The zero-order valence-corrected chi connectivity index (χ0v) is 11.9. The van der Waals surface area contributed by atoms with Crippen LogP contribution in [0.15, 0.2) is 24.3 Å². The Balaban J connectivity index is 1.62. The lowest BCUT2D eigenvalue weighted by Gasteiger charge is -2.35. The van der Waals surface area contributed by atoms with Crippen molar-refractivity contribution in [1.29, 1.82) is 0 Å². The molecule has 0 bridgehead atoms. The number of nitrogens with zero attached hydrogens (tertiary/aromatic N) is 1. The van der Waals surface area contributed by atoms with Crippen molar-refractivity contribution in [2.75, 3.05) is 0 Å². The molecule has 0 amide bonds. The summed E-state index contributed by atoms with van der Waals surface area (Å²) in [5, 5.41) is 3.66. The van der Waals surface area contributed by atoms with Gasteiger partial charge in [0.1, 0.15) is 5.82 Å². The van der Waals surface area contributed by atoms with E-state index in [0.717, 1.165) is 23.4 Å².